The maximum atomic E-state index is 4.76. The topological polar surface area (TPSA) is 3.24 Å². The third-order valence-corrected chi connectivity index (χ3v) is 13.2. The molecule has 1 nitrogen and oxygen atoms in total. The van der Waals surface area contributed by atoms with Gasteiger partial charge in [-0.25, -0.2) is 0 Å². The van der Waals surface area contributed by atoms with E-state index in [1.165, 1.54) is 82.3 Å². The van der Waals surface area contributed by atoms with E-state index in [-0.39, 0.29) is 10.8 Å². The fourth-order valence-electron chi connectivity index (χ4n) is 10.3. The van der Waals surface area contributed by atoms with Crippen molar-refractivity contribution in [2.24, 2.45) is 0 Å². The van der Waals surface area contributed by atoms with Gasteiger partial charge >= 0.3 is 0 Å². The molecule has 61 heavy (non-hydrogen) atoms. The number of anilines is 1. The minimum atomic E-state index is -0.341. The molecule has 9 rings (SSSR count). The summed E-state index contributed by atoms with van der Waals surface area (Å²) < 4.78 is 0. The van der Waals surface area contributed by atoms with E-state index >= 15 is 0 Å². The number of hydrogen-bond acceptors (Lipinski definition) is 1. The fraction of sp³-hybridized carbons (Fsp3) is 0.133. The average Bonchev–Trinajstić information content (AvgIpc) is 3.51. The van der Waals surface area contributed by atoms with Crippen molar-refractivity contribution in [3.05, 3.63) is 258 Å². The van der Waals surface area contributed by atoms with Crippen LogP contribution in [0.15, 0.2) is 230 Å². The van der Waals surface area contributed by atoms with Gasteiger partial charge in [0.25, 0.3) is 0 Å². The van der Waals surface area contributed by atoms with E-state index in [9.17, 15) is 0 Å². The summed E-state index contributed by atoms with van der Waals surface area (Å²) in [7, 11) is 2.24. The number of benzene rings is 8. The number of aryl methyl sites for hydroxylation is 1. The minimum absolute atomic E-state index is 0.233. The number of hydrogen-bond donors (Lipinski definition) is 0. The number of likely N-dealkylation sites (N-methyl/N-ethyl adjacent to an activating group) is 1. The number of allylic oxidation sites excluding steroid dienone is 11. The van der Waals surface area contributed by atoms with Crippen molar-refractivity contribution >= 4 is 48.8 Å². The van der Waals surface area contributed by atoms with Crippen molar-refractivity contribution < 1.29 is 0 Å². The van der Waals surface area contributed by atoms with Crippen molar-refractivity contribution in [3.63, 3.8) is 0 Å². The van der Waals surface area contributed by atoms with Crippen molar-refractivity contribution in [1.29, 1.82) is 0 Å². The minimum Gasteiger partial charge on any atom is -0.347 e. The van der Waals surface area contributed by atoms with Gasteiger partial charge in [0, 0.05) is 29.0 Å². The molecule has 298 valence electrons. The third-order valence-electron chi connectivity index (χ3n) is 13.2. The summed E-state index contributed by atoms with van der Waals surface area (Å²) in [4.78, 5) is 2.44. The second-order valence-electron chi connectivity index (χ2n) is 17.0. The number of fused-ring (bicyclic) bond motifs is 9. The lowest BCUT2D eigenvalue weighted by Gasteiger charge is -2.35. The van der Waals surface area contributed by atoms with Crippen LogP contribution in [-0.2, 0) is 23.7 Å². The second kappa shape index (κ2) is 16.6. The third kappa shape index (κ3) is 7.15. The summed E-state index contributed by atoms with van der Waals surface area (Å²) in [6.07, 6.45) is 21.2. The first kappa shape index (κ1) is 39.5. The smallest absolute Gasteiger partial charge is 0.0534 e. The normalized spacial score (nSPS) is 17.3. The molecule has 0 radical (unpaired) electrons. The van der Waals surface area contributed by atoms with Crippen molar-refractivity contribution in [1.82, 2.24) is 0 Å². The Morgan fingerprint density at radius 3 is 1.61 bits per heavy atom. The molecule has 2 atom stereocenters. The number of nitrogens with zero attached hydrogens (tertiary/aromatic N) is 1. The molecule has 0 bridgehead atoms. The Kier molecular flexibility index (Phi) is 10.7. The lowest BCUT2D eigenvalue weighted by atomic mass is 9.68. The second-order valence-corrected chi connectivity index (χ2v) is 17.0. The predicted octanol–water partition coefficient (Wildman–Crippen LogP) is 15.4. The van der Waals surface area contributed by atoms with E-state index in [4.69, 9.17) is 6.58 Å². The van der Waals surface area contributed by atoms with E-state index in [2.05, 4.69) is 245 Å². The zero-order valence-corrected chi connectivity index (χ0v) is 35.8. The summed E-state index contributed by atoms with van der Waals surface area (Å²) in [6.45, 7) is 11.8. The van der Waals surface area contributed by atoms with Gasteiger partial charge in [0.2, 0.25) is 0 Å². The molecule has 0 fully saturated rings. The van der Waals surface area contributed by atoms with Crippen LogP contribution < -0.4 is 4.90 Å². The van der Waals surface area contributed by atoms with Gasteiger partial charge in [-0.05, 0) is 104 Å². The van der Waals surface area contributed by atoms with E-state index in [1.807, 2.05) is 0 Å². The summed E-state index contributed by atoms with van der Waals surface area (Å²) in [6, 6.07) is 57.3. The molecule has 0 amide bonds. The van der Waals surface area contributed by atoms with Crippen molar-refractivity contribution in [2.75, 3.05) is 11.9 Å². The molecule has 0 saturated heterocycles. The van der Waals surface area contributed by atoms with Crippen LogP contribution in [0.1, 0.15) is 41.7 Å². The molecule has 1 heteroatoms. The highest BCUT2D eigenvalue weighted by Crippen LogP contribution is 2.55. The summed E-state index contributed by atoms with van der Waals surface area (Å²) in [5, 5.41) is 10.4. The van der Waals surface area contributed by atoms with Gasteiger partial charge in [0.15, 0.2) is 0 Å². The monoisotopic (exact) mass is 787 g/mol. The van der Waals surface area contributed by atoms with Crippen molar-refractivity contribution in [3.8, 4) is 0 Å². The van der Waals surface area contributed by atoms with Crippen LogP contribution >= 0.6 is 0 Å². The molecule has 0 spiro atoms. The van der Waals surface area contributed by atoms with Crippen LogP contribution in [0.2, 0.25) is 0 Å². The average molecular weight is 788 g/mol. The summed E-state index contributed by atoms with van der Waals surface area (Å²) in [5.41, 5.74) is 9.81. The first-order valence-corrected chi connectivity index (χ1v) is 21.5. The highest BCUT2D eigenvalue weighted by Gasteiger charge is 2.44. The highest BCUT2D eigenvalue weighted by atomic mass is 15.2. The standard InChI is InChI=1S/C60H53N/c1-43(59(3,41-45-28-14-11-15-29-45)56-44(2)47-32-19-20-33-48(47)49-34-21-24-37-52(49)56)27-13-9-7-6-8-10-18-40-55-60(4,42-46-30-16-12-17-31-46)57-53-38-25-22-35-50(53)51-36-23-26-39-54(51)58(57)61(55)5/h6-40H,1,41-42H2,2-5H3/b8-6+,9-7+,18-10+,27-13+,55-40+. The van der Waals surface area contributed by atoms with Crippen molar-refractivity contribution in [2.45, 2.75) is 44.4 Å². The van der Waals surface area contributed by atoms with Crippen LogP contribution in [-0.4, -0.2) is 7.05 Å². The quantitative estimate of drug-likeness (QED) is 0.0932. The Bertz CT molecular complexity index is 3090. The Balaban J connectivity index is 0.996. The molecule has 8 aromatic rings. The Hall–Kier alpha value is -6.96. The van der Waals surface area contributed by atoms with Crippen LogP contribution in [0, 0.1) is 6.92 Å². The van der Waals surface area contributed by atoms with E-state index in [0.717, 1.165) is 18.4 Å². The van der Waals surface area contributed by atoms with E-state index < -0.39 is 0 Å². The van der Waals surface area contributed by atoms with Gasteiger partial charge in [-0.3, -0.25) is 0 Å². The zero-order chi connectivity index (χ0) is 42.0. The number of rotatable bonds is 11. The molecule has 0 N–H and O–H groups in total. The lowest BCUT2D eigenvalue weighted by Crippen LogP contribution is -2.28. The maximum absolute atomic E-state index is 4.76. The van der Waals surface area contributed by atoms with Crippen LogP contribution in [0.3, 0.4) is 0 Å². The Labute approximate surface area is 361 Å². The van der Waals surface area contributed by atoms with Crippen LogP contribution in [0.5, 0.6) is 0 Å². The fourth-order valence-corrected chi connectivity index (χ4v) is 10.3. The molecule has 2 unspecified atom stereocenters. The zero-order valence-electron chi connectivity index (χ0n) is 35.8. The molecule has 0 aliphatic carbocycles. The first-order chi connectivity index (χ1) is 29.8. The molecule has 1 aliphatic rings. The molecule has 1 aliphatic heterocycles. The Morgan fingerprint density at radius 1 is 0.541 bits per heavy atom. The SMILES string of the molecule is C=C(/C=C/C=C/C=C/C=C/C=C1/N(C)c2c(c3ccccc3c3ccccc23)C1(C)Cc1ccccc1)C(C)(Cc1ccccc1)c1c(C)c2ccccc2c2ccccc12. The largest absolute Gasteiger partial charge is 0.347 e. The summed E-state index contributed by atoms with van der Waals surface area (Å²) >= 11 is 0. The molecular weight excluding hydrogens is 735 g/mol. The molecule has 0 aromatic heterocycles. The lowest BCUT2D eigenvalue weighted by molar-refractivity contribution is 0.570. The molecular formula is C60H53N. The van der Waals surface area contributed by atoms with E-state index in [1.54, 1.807) is 0 Å². The predicted molar refractivity (Wildman–Crippen MR) is 265 cm³/mol. The summed E-state index contributed by atoms with van der Waals surface area (Å²) in [5.74, 6) is 0. The van der Waals surface area contributed by atoms with Gasteiger partial charge in [0.05, 0.1) is 5.69 Å². The van der Waals surface area contributed by atoms with Crippen LogP contribution in [0.4, 0.5) is 5.69 Å². The van der Waals surface area contributed by atoms with Gasteiger partial charge in [0.1, 0.15) is 0 Å². The van der Waals surface area contributed by atoms with Gasteiger partial charge in [-0.2, -0.15) is 0 Å². The molecule has 0 saturated carbocycles. The van der Waals surface area contributed by atoms with Crippen LogP contribution in [0.25, 0.3) is 43.1 Å². The molecule has 1 heterocycles. The molecule has 8 aromatic carbocycles. The van der Waals surface area contributed by atoms with Gasteiger partial charge in [-0.15, -0.1) is 0 Å². The first-order valence-electron chi connectivity index (χ1n) is 21.5. The maximum Gasteiger partial charge on any atom is 0.0534 e. The van der Waals surface area contributed by atoms with E-state index in [0.29, 0.717) is 0 Å². The Morgan fingerprint density at radius 2 is 0.984 bits per heavy atom. The van der Waals surface area contributed by atoms with Gasteiger partial charge < -0.3 is 4.90 Å². The van der Waals surface area contributed by atoms with Gasteiger partial charge in [-0.1, -0.05) is 220 Å². The highest BCUT2D eigenvalue weighted by molar-refractivity contribution is 6.17.